The summed E-state index contributed by atoms with van der Waals surface area (Å²) in [6.07, 6.45) is 6.39. The van der Waals surface area contributed by atoms with E-state index in [-0.39, 0.29) is 24.9 Å². The zero-order chi connectivity index (χ0) is 14.8. The second kappa shape index (κ2) is 9.53. The first-order chi connectivity index (χ1) is 9.63. The van der Waals surface area contributed by atoms with Gasteiger partial charge in [0.25, 0.3) is 0 Å². The molecule has 1 aliphatic rings. The van der Waals surface area contributed by atoms with E-state index in [1.807, 2.05) is 6.92 Å². The van der Waals surface area contributed by atoms with Crippen LogP contribution in [-0.2, 0) is 23.8 Å². The molecular weight excluding hydrogens is 260 g/mol. The molecule has 0 unspecified atom stereocenters. The van der Waals surface area contributed by atoms with Crippen LogP contribution in [0.1, 0.15) is 51.9 Å². The van der Waals surface area contributed by atoms with E-state index in [2.05, 4.69) is 6.58 Å². The molecule has 1 fully saturated rings. The zero-order valence-electron chi connectivity index (χ0n) is 12.2. The van der Waals surface area contributed by atoms with Crippen molar-refractivity contribution in [3.63, 3.8) is 0 Å². The first-order valence-corrected chi connectivity index (χ1v) is 7.25. The van der Waals surface area contributed by atoms with Crippen molar-refractivity contribution >= 4 is 11.9 Å². The Morgan fingerprint density at radius 3 is 2.50 bits per heavy atom. The van der Waals surface area contributed by atoms with Gasteiger partial charge in [0.2, 0.25) is 0 Å². The van der Waals surface area contributed by atoms with E-state index in [4.69, 9.17) is 14.2 Å². The number of rotatable bonds is 8. The predicted molar refractivity (Wildman–Crippen MR) is 73.9 cm³/mol. The van der Waals surface area contributed by atoms with Crippen LogP contribution in [0, 0.1) is 0 Å². The van der Waals surface area contributed by atoms with Crippen LogP contribution in [0.5, 0.6) is 0 Å². The van der Waals surface area contributed by atoms with Crippen molar-refractivity contribution in [3.05, 3.63) is 12.2 Å². The summed E-state index contributed by atoms with van der Waals surface area (Å²) in [6.45, 7) is 5.72. The molecule has 0 heterocycles. The Morgan fingerprint density at radius 1 is 1.15 bits per heavy atom. The SMILES string of the molecule is C=C(CC(=O)OCCC)C(=O)OCOC1CCCCC1. The maximum atomic E-state index is 11.6. The van der Waals surface area contributed by atoms with E-state index in [0.717, 1.165) is 32.1 Å². The lowest BCUT2D eigenvalue weighted by Gasteiger charge is -2.21. The molecule has 0 aromatic heterocycles. The van der Waals surface area contributed by atoms with E-state index >= 15 is 0 Å². The summed E-state index contributed by atoms with van der Waals surface area (Å²) in [5.74, 6) is -1.06. The van der Waals surface area contributed by atoms with E-state index in [1.165, 1.54) is 6.42 Å². The lowest BCUT2D eigenvalue weighted by Crippen LogP contribution is -2.20. The molecule has 0 aromatic rings. The van der Waals surface area contributed by atoms with Gasteiger partial charge in [0.1, 0.15) is 0 Å². The Labute approximate surface area is 120 Å². The second-order valence-corrected chi connectivity index (χ2v) is 4.98. The molecular formula is C15H24O5. The standard InChI is InChI=1S/C15H24O5/c1-3-9-18-14(16)10-12(2)15(17)20-11-19-13-7-5-4-6-8-13/h13H,2-11H2,1H3. The van der Waals surface area contributed by atoms with E-state index in [9.17, 15) is 9.59 Å². The number of esters is 2. The molecule has 0 spiro atoms. The van der Waals surface area contributed by atoms with Crippen LogP contribution in [0.3, 0.4) is 0 Å². The van der Waals surface area contributed by atoms with E-state index in [1.54, 1.807) is 0 Å². The molecule has 114 valence electrons. The Morgan fingerprint density at radius 2 is 1.85 bits per heavy atom. The van der Waals surface area contributed by atoms with Gasteiger partial charge in [-0.15, -0.1) is 0 Å². The molecule has 5 nitrogen and oxygen atoms in total. The quantitative estimate of drug-likeness (QED) is 0.389. The van der Waals surface area contributed by atoms with Crippen molar-refractivity contribution in [2.45, 2.75) is 58.0 Å². The van der Waals surface area contributed by atoms with Gasteiger partial charge in [-0.25, -0.2) is 4.79 Å². The molecule has 5 heteroatoms. The van der Waals surface area contributed by atoms with Crippen LogP contribution in [0.15, 0.2) is 12.2 Å². The number of ether oxygens (including phenoxy) is 3. The summed E-state index contributed by atoms with van der Waals surface area (Å²) >= 11 is 0. The van der Waals surface area contributed by atoms with Crippen LogP contribution in [-0.4, -0.2) is 31.4 Å². The molecule has 0 aliphatic heterocycles. The minimum absolute atomic E-state index is 0.0769. The van der Waals surface area contributed by atoms with Gasteiger partial charge in [-0.2, -0.15) is 0 Å². The number of hydrogen-bond acceptors (Lipinski definition) is 5. The van der Waals surface area contributed by atoms with Gasteiger partial charge in [0.15, 0.2) is 6.79 Å². The number of carbonyl (C=O) groups is 2. The van der Waals surface area contributed by atoms with Gasteiger partial charge in [0, 0.05) is 5.57 Å². The smallest absolute Gasteiger partial charge is 0.336 e. The second-order valence-electron chi connectivity index (χ2n) is 4.98. The Kier molecular flexibility index (Phi) is 7.95. The maximum Gasteiger partial charge on any atom is 0.336 e. The van der Waals surface area contributed by atoms with Gasteiger partial charge in [-0.05, 0) is 19.3 Å². The molecule has 20 heavy (non-hydrogen) atoms. The topological polar surface area (TPSA) is 61.8 Å². The number of hydrogen-bond donors (Lipinski definition) is 0. The zero-order valence-corrected chi connectivity index (χ0v) is 12.2. The van der Waals surface area contributed by atoms with Gasteiger partial charge in [-0.3, -0.25) is 4.79 Å². The molecule has 0 bridgehead atoms. The van der Waals surface area contributed by atoms with Crippen LogP contribution in [0.2, 0.25) is 0 Å². The Bertz CT molecular complexity index is 331. The molecule has 1 rings (SSSR count). The molecule has 1 aliphatic carbocycles. The fraction of sp³-hybridized carbons (Fsp3) is 0.733. The third kappa shape index (κ3) is 6.70. The van der Waals surface area contributed by atoms with Crippen molar-refractivity contribution < 1.29 is 23.8 Å². The highest BCUT2D eigenvalue weighted by Crippen LogP contribution is 2.20. The Balaban J connectivity index is 2.14. The van der Waals surface area contributed by atoms with Crippen molar-refractivity contribution in [2.75, 3.05) is 13.4 Å². The highest BCUT2D eigenvalue weighted by Gasteiger charge is 2.17. The largest absolute Gasteiger partial charge is 0.465 e. The minimum atomic E-state index is -0.603. The van der Waals surface area contributed by atoms with E-state index in [0.29, 0.717) is 6.61 Å². The third-order valence-corrected chi connectivity index (χ3v) is 3.16. The maximum absolute atomic E-state index is 11.6. The van der Waals surface area contributed by atoms with Gasteiger partial charge in [0.05, 0.1) is 19.1 Å². The predicted octanol–water partition coefficient (Wildman–Crippen LogP) is 2.74. The van der Waals surface area contributed by atoms with E-state index < -0.39 is 11.9 Å². The summed E-state index contributed by atoms with van der Waals surface area (Å²) in [6, 6.07) is 0. The fourth-order valence-electron chi connectivity index (χ4n) is 2.03. The third-order valence-electron chi connectivity index (χ3n) is 3.16. The lowest BCUT2D eigenvalue weighted by atomic mass is 9.98. The summed E-state index contributed by atoms with van der Waals surface area (Å²) in [4.78, 5) is 22.9. The average Bonchev–Trinajstić information content (AvgIpc) is 2.46. The average molecular weight is 284 g/mol. The first-order valence-electron chi connectivity index (χ1n) is 7.25. The molecule has 0 atom stereocenters. The van der Waals surface area contributed by atoms with Crippen LogP contribution >= 0.6 is 0 Å². The van der Waals surface area contributed by atoms with Crippen molar-refractivity contribution in [3.8, 4) is 0 Å². The van der Waals surface area contributed by atoms with Gasteiger partial charge in [-0.1, -0.05) is 32.8 Å². The number of carbonyl (C=O) groups excluding carboxylic acids is 2. The summed E-state index contributed by atoms with van der Waals surface area (Å²) in [5.41, 5.74) is 0.0957. The highest BCUT2D eigenvalue weighted by atomic mass is 16.7. The first kappa shape index (κ1) is 16.7. The molecule has 0 radical (unpaired) electrons. The normalized spacial score (nSPS) is 15.7. The van der Waals surface area contributed by atoms with Crippen LogP contribution < -0.4 is 0 Å². The monoisotopic (exact) mass is 284 g/mol. The molecule has 0 N–H and O–H groups in total. The summed E-state index contributed by atoms with van der Waals surface area (Å²) in [5, 5.41) is 0. The molecule has 0 saturated heterocycles. The summed E-state index contributed by atoms with van der Waals surface area (Å²) < 4.78 is 15.3. The Hall–Kier alpha value is -1.36. The fourth-order valence-corrected chi connectivity index (χ4v) is 2.03. The van der Waals surface area contributed by atoms with Crippen molar-refractivity contribution in [1.82, 2.24) is 0 Å². The molecule has 0 aromatic carbocycles. The van der Waals surface area contributed by atoms with Crippen LogP contribution in [0.25, 0.3) is 0 Å². The van der Waals surface area contributed by atoms with Crippen LogP contribution in [0.4, 0.5) is 0 Å². The molecule has 0 amide bonds. The van der Waals surface area contributed by atoms with Gasteiger partial charge < -0.3 is 14.2 Å². The van der Waals surface area contributed by atoms with Crippen molar-refractivity contribution in [1.29, 1.82) is 0 Å². The lowest BCUT2D eigenvalue weighted by molar-refractivity contribution is -0.159. The summed E-state index contributed by atoms with van der Waals surface area (Å²) in [7, 11) is 0. The van der Waals surface area contributed by atoms with Gasteiger partial charge >= 0.3 is 11.9 Å². The van der Waals surface area contributed by atoms with Crippen molar-refractivity contribution in [2.24, 2.45) is 0 Å². The highest BCUT2D eigenvalue weighted by molar-refractivity contribution is 5.93. The minimum Gasteiger partial charge on any atom is -0.465 e. The molecule has 1 saturated carbocycles.